The molecule has 2 heterocycles. The molecule has 1 amide bonds. The first kappa shape index (κ1) is 20.3. The Bertz CT molecular complexity index is 911. The van der Waals surface area contributed by atoms with Crippen LogP contribution in [0.4, 0.5) is 0 Å². The Balaban J connectivity index is 1.56. The predicted molar refractivity (Wildman–Crippen MR) is 109 cm³/mol. The maximum absolute atomic E-state index is 12.8. The molecule has 1 aromatic heterocycles. The molecule has 8 heteroatoms. The quantitative estimate of drug-likeness (QED) is 0.769. The molecule has 1 aliphatic rings. The fourth-order valence-corrected chi connectivity index (χ4v) is 6.39. The Kier molecular flexibility index (Phi) is 6.57. The summed E-state index contributed by atoms with van der Waals surface area (Å²) in [5.74, 6) is -0.395. The number of carbonyl (C=O) groups is 1. The number of sulfonamides is 1. The Morgan fingerprint density at radius 2 is 2.15 bits per heavy atom. The Morgan fingerprint density at radius 1 is 1.33 bits per heavy atom. The van der Waals surface area contributed by atoms with E-state index >= 15 is 0 Å². The van der Waals surface area contributed by atoms with Gasteiger partial charge in [-0.1, -0.05) is 23.7 Å². The van der Waals surface area contributed by atoms with Crippen LogP contribution in [0.15, 0.2) is 40.6 Å². The lowest BCUT2D eigenvalue weighted by atomic mass is 9.99. The van der Waals surface area contributed by atoms with Crippen LogP contribution in [-0.4, -0.2) is 38.3 Å². The molecular weight excluding hydrogens is 404 g/mol. The number of hydrogen-bond donors (Lipinski definition) is 1. The zero-order chi connectivity index (χ0) is 19.4. The molecule has 0 bridgehead atoms. The molecule has 2 aromatic rings. The monoisotopic (exact) mass is 426 g/mol. The van der Waals surface area contributed by atoms with Gasteiger partial charge in [0.1, 0.15) is 4.21 Å². The molecule has 1 aromatic carbocycles. The fraction of sp³-hybridized carbons (Fsp3) is 0.421. The molecule has 1 saturated heterocycles. The van der Waals surface area contributed by atoms with Gasteiger partial charge in [0, 0.05) is 29.5 Å². The van der Waals surface area contributed by atoms with Crippen LogP contribution >= 0.6 is 22.9 Å². The molecule has 0 spiro atoms. The second kappa shape index (κ2) is 8.73. The predicted octanol–water partition coefficient (Wildman–Crippen LogP) is 3.47. The Hall–Kier alpha value is -1.41. The average molecular weight is 427 g/mol. The summed E-state index contributed by atoms with van der Waals surface area (Å²) in [5.41, 5.74) is 1.06. The highest BCUT2D eigenvalue weighted by atomic mass is 35.5. The highest BCUT2D eigenvalue weighted by Gasteiger charge is 2.33. The first-order chi connectivity index (χ1) is 12.9. The zero-order valence-electron chi connectivity index (χ0n) is 15.2. The summed E-state index contributed by atoms with van der Waals surface area (Å²) in [6.07, 6.45) is 2.09. The third kappa shape index (κ3) is 5.10. The van der Waals surface area contributed by atoms with E-state index in [0.717, 1.165) is 10.4 Å². The molecule has 146 valence electrons. The van der Waals surface area contributed by atoms with Crippen LogP contribution in [0.3, 0.4) is 0 Å². The number of hydrogen-bond acceptors (Lipinski definition) is 4. The van der Waals surface area contributed by atoms with Gasteiger partial charge in [0.25, 0.3) is 10.0 Å². The summed E-state index contributed by atoms with van der Waals surface area (Å²) in [4.78, 5) is 13.5. The lowest BCUT2D eigenvalue weighted by Crippen LogP contribution is -2.45. The van der Waals surface area contributed by atoms with Crippen molar-refractivity contribution in [2.75, 3.05) is 19.6 Å². The van der Waals surface area contributed by atoms with E-state index in [1.807, 2.05) is 37.3 Å². The van der Waals surface area contributed by atoms with E-state index in [9.17, 15) is 13.2 Å². The van der Waals surface area contributed by atoms with Crippen LogP contribution in [0.5, 0.6) is 0 Å². The van der Waals surface area contributed by atoms with Gasteiger partial charge in [-0.05, 0) is 56.0 Å². The van der Waals surface area contributed by atoms with E-state index in [0.29, 0.717) is 41.6 Å². The number of carbonyl (C=O) groups excluding carboxylic acids is 1. The third-order valence-corrected chi connectivity index (χ3v) is 8.24. The van der Waals surface area contributed by atoms with Crippen molar-refractivity contribution in [3.63, 3.8) is 0 Å². The van der Waals surface area contributed by atoms with E-state index in [1.54, 1.807) is 6.07 Å². The van der Waals surface area contributed by atoms with E-state index in [4.69, 9.17) is 11.6 Å². The first-order valence-corrected chi connectivity index (χ1v) is 11.6. The molecule has 1 fully saturated rings. The number of rotatable bonds is 6. The normalized spacial score (nSPS) is 18.4. The molecule has 0 saturated carbocycles. The summed E-state index contributed by atoms with van der Waals surface area (Å²) in [6, 6.07) is 11.0. The first-order valence-electron chi connectivity index (χ1n) is 8.95. The number of thiophene rings is 1. The van der Waals surface area contributed by atoms with Crippen LogP contribution in [0.1, 0.15) is 23.3 Å². The van der Waals surface area contributed by atoms with Gasteiger partial charge >= 0.3 is 0 Å². The Labute approximate surface area is 169 Å². The maximum atomic E-state index is 12.8. The average Bonchev–Trinajstić information content (AvgIpc) is 3.09. The molecule has 1 aliphatic heterocycles. The smallest absolute Gasteiger partial charge is 0.252 e. The minimum absolute atomic E-state index is 0.0840. The van der Waals surface area contributed by atoms with E-state index in [1.165, 1.54) is 15.6 Å². The summed E-state index contributed by atoms with van der Waals surface area (Å²) in [7, 11) is -3.52. The lowest BCUT2D eigenvalue weighted by molar-refractivity contribution is -0.126. The van der Waals surface area contributed by atoms with E-state index < -0.39 is 10.0 Å². The topological polar surface area (TPSA) is 66.5 Å². The number of piperidine rings is 1. The second-order valence-electron chi connectivity index (χ2n) is 6.74. The van der Waals surface area contributed by atoms with Crippen LogP contribution < -0.4 is 5.32 Å². The number of aryl methyl sites for hydroxylation is 1. The minimum atomic E-state index is -3.52. The van der Waals surface area contributed by atoms with Gasteiger partial charge in [-0.25, -0.2) is 8.42 Å². The number of benzene rings is 1. The van der Waals surface area contributed by atoms with Crippen molar-refractivity contribution in [1.82, 2.24) is 9.62 Å². The minimum Gasteiger partial charge on any atom is -0.355 e. The molecule has 5 nitrogen and oxygen atoms in total. The summed E-state index contributed by atoms with van der Waals surface area (Å²) in [5, 5.41) is 3.61. The molecule has 1 unspecified atom stereocenters. The van der Waals surface area contributed by atoms with Crippen LogP contribution in [0.2, 0.25) is 5.02 Å². The number of amides is 1. The van der Waals surface area contributed by atoms with Gasteiger partial charge in [-0.15, -0.1) is 11.3 Å². The van der Waals surface area contributed by atoms with E-state index in [-0.39, 0.29) is 18.4 Å². The fourth-order valence-electron chi connectivity index (χ4n) is 3.22. The standard InChI is InChI=1S/C19H23ClN2O3S2/c1-14-7-8-18(26-14)27(24,25)22-11-3-5-16(13-22)19(23)21-10-9-15-4-2-6-17(20)12-15/h2,4,6-8,12,16H,3,5,9-11,13H2,1H3,(H,21,23). The Morgan fingerprint density at radius 3 is 2.85 bits per heavy atom. The summed E-state index contributed by atoms with van der Waals surface area (Å²) >= 11 is 7.24. The molecule has 27 heavy (non-hydrogen) atoms. The molecule has 0 radical (unpaired) electrons. The van der Waals surface area contributed by atoms with Gasteiger partial charge in [-0.2, -0.15) is 4.31 Å². The van der Waals surface area contributed by atoms with Crippen molar-refractivity contribution in [2.45, 2.75) is 30.4 Å². The molecular formula is C19H23ClN2O3S2. The number of nitrogens with zero attached hydrogens (tertiary/aromatic N) is 1. The molecule has 1 atom stereocenters. The molecule has 3 rings (SSSR count). The van der Waals surface area contributed by atoms with Gasteiger partial charge < -0.3 is 5.32 Å². The van der Waals surface area contributed by atoms with Crippen molar-refractivity contribution in [2.24, 2.45) is 5.92 Å². The van der Waals surface area contributed by atoms with Crippen LogP contribution in [-0.2, 0) is 21.2 Å². The molecule has 1 N–H and O–H groups in total. The van der Waals surface area contributed by atoms with Gasteiger partial charge in [0.05, 0.1) is 5.92 Å². The highest BCUT2D eigenvalue weighted by molar-refractivity contribution is 7.91. The lowest BCUT2D eigenvalue weighted by Gasteiger charge is -2.30. The largest absolute Gasteiger partial charge is 0.355 e. The highest BCUT2D eigenvalue weighted by Crippen LogP contribution is 2.28. The van der Waals surface area contributed by atoms with Crippen molar-refractivity contribution in [3.05, 3.63) is 51.9 Å². The SMILES string of the molecule is Cc1ccc(S(=O)(=O)N2CCCC(C(=O)NCCc3cccc(Cl)c3)C2)s1. The molecule has 0 aliphatic carbocycles. The maximum Gasteiger partial charge on any atom is 0.252 e. The van der Waals surface area contributed by atoms with Crippen LogP contribution in [0.25, 0.3) is 0 Å². The van der Waals surface area contributed by atoms with Crippen molar-refractivity contribution in [1.29, 1.82) is 0 Å². The van der Waals surface area contributed by atoms with E-state index in [2.05, 4.69) is 5.32 Å². The van der Waals surface area contributed by atoms with Crippen LogP contribution in [0, 0.1) is 12.8 Å². The van der Waals surface area contributed by atoms with Crippen molar-refractivity contribution < 1.29 is 13.2 Å². The number of nitrogens with one attached hydrogen (secondary N) is 1. The summed E-state index contributed by atoms with van der Waals surface area (Å²) in [6.45, 7) is 3.09. The van der Waals surface area contributed by atoms with Crippen molar-refractivity contribution >= 4 is 38.9 Å². The van der Waals surface area contributed by atoms with Gasteiger partial charge in [0.2, 0.25) is 5.91 Å². The van der Waals surface area contributed by atoms with Gasteiger partial charge in [0.15, 0.2) is 0 Å². The van der Waals surface area contributed by atoms with Crippen molar-refractivity contribution in [3.8, 4) is 0 Å². The third-order valence-electron chi connectivity index (χ3n) is 4.67. The van der Waals surface area contributed by atoms with Gasteiger partial charge in [-0.3, -0.25) is 4.79 Å². The second-order valence-corrected chi connectivity index (χ2v) is 10.6. The summed E-state index contributed by atoms with van der Waals surface area (Å²) < 4.78 is 27.4. The number of halogens is 1. The zero-order valence-corrected chi connectivity index (χ0v) is 17.5.